The third kappa shape index (κ3) is 3.58. The molecule has 1 aromatic rings. The van der Waals surface area contributed by atoms with Crippen molar-refractivity contribution < 1.29 is 0 Å². The molecule has 1 fully saturated rings. The molecule has 0 unspecified atom stereocenters. The molecule has 0 spiro atoms. The van der Waals surface area contributed by atoms with Crippen LogP contribution in [0.15, 0.2) is 24.3 Å². The summed E-state index contributed by atoms with van der Waals surface area (Å²) in [4.78, 5) is 2.64. The van der Waals surface area contributed by atoms with Gasteiger partial charge in [-0.2, -0.15) is 0 Å². The highest BCUT2D eigenvalue weighted by molar-refractivity contribution is 5.26. The maximum Gasteiger partial charge on any atom is 0.0397 e. The van der Waals surface area contributed by atoms with E-state index in [1.165, 1.54) is 11.1 Å². The van der Waals surface area contributed by atoms with Crippen LogP contribution in [0, 0.1) is 5.41 Å². The molecule has 0 saturated carbocycles. The summed E-state index contributed by atoms with van der Waals surface area (Å²) in [5.41, 5.74) is 3.16. The highest BCUT2D eigenvalue weighted by Gasteiger charge is 2.32. The molecule has 0 radical (unpaired) electrons. The van der Waals surface area contributed by atoms with E-state index in [1.54, 1.807) is 0 Å². The van der Waals surface area contributed by atoms with Crippen LogP contribution in [0.3, 0.4) is 0 Å². The monoisotopic (exact) mass is 260 g/mol. The normalized spacial score (nSPS) is 19.4. The van der Waals surface area contributed by atoms with Crippen LogP contribution in [0.25, 0.3) is 0 Å². The van der Waals surface area contributed by atoms with Gasteiger partial charge in [-0.15, -0.1) is 0 Å². The first-order valence-corrected chi connectivity index (χ1v) is 7.56. The lowest BCUT2D eigenvalue weighted by Gasteiger charge is -2.42. The molecule has 0 aromatic heterocycles. The lowest BCUT2D eigenvalue weighted by Crippen LogP contribution is -2.48. The first-order chi connectivity index (χ1) is 9.02. The van der Waals surface area contributed by atoms with E-state index in [2.05, 4.69) is 62.2 Å². The Hall–Kier alpha value is -0.860. The van der Waals surface area contributed by atoms with E-state index in [4.69, 9.17) is 0 Å². The van der Waals surface area contributed by atoms with Crippen LogP contribution in [0.5, 0.6) is 0 Å². The van der Waals surface area contributed by atoms with E-state index in [0.717, 1.165) is 32.6 Å². The second-order valence-electron chi connectivity index (χ2n) is 6.65. The van der Waals surface area contributed by atoms with Crippen molar-refractivity contribution in [2.75, 3.05) is 26.2 Å². The van der Waals surface area contributed by atoms with Crippen LogP contribution in [0.4, 0.5) is 0 Å². The number of aryl methyl sites for hydroxylation is 1. The van der Waals surface area contributed by atoms with Gasteiger partial charge >= 0.3 is 0 Å². The van der Waals surface area contributed by atoms with Crippen LogP contribution in [0.2, 0.25) is 0 Å². The summed E-state index contributed by atoms with van der Waals surface area (Å²) in [6.45, 7) is 13.8. The van der Waals surface area contributed by atoms with E-state index in [9.17, 15) is 0 Å². The summed E-state index contributed by atoms with van der Waals surface area (Å²) < 4.78 is 0. The molecule has 1 N–H and O–H groups in total. The Labute approximate surface area is 118 Å². The van der Waals surface area contributed by atoms with Crippen molar-refractivity contribution in [3.05, 3.63) is 35.4 Å². The van der Waals surface area contributed by atoms with E-state index >= 15 is 0 Å². The molecule has 1 saturated heterocycles. The van der Waals surface area contributed by atoms with Gasteiger partial charge in [-0.05, 0) is 23.0 Å². The predicted octanol–water partition coefficient (Wildman–Crippen LogP) is 3.24. The first kappa shape index (κ1) is 14.5. The minimum Gasteiger partial charge on any atom is -0.314 e. The van der Waals surface area contributed by atoms with Crippen LogP contribution in [-0.2, 0) is 6.42 Å². The van der Waals surface area contributed by atoms with Crippen molar-refractivity contribution in [1.29, 1.82) is 0 Å². The van der Waals surface area contributed by atoms with Gasteiger partial charge in [0.25, 0.3) is 0 Å². The molecule has 1 heterocycles. The Morgan fingerprint density at radius 3 is 2.16 bits per heavy atom. The standard InChI is InChI=1S/C17H28N2/c1-5-14-6-8-15(9-7-14)16(17(2,3)4)19-12-10-18-11-13-19/h6-9,16,18H,5,10-13H2,1-4H3/t16-/m1/s1. The zero-order valence-electron chi connectivity index (χ0n) is 12.9. The first-order valence-electron chi connectivity index (χ1n) is 7.56. The minimum atomic E-state index is 0.269. The molecule has 1 atom stereocenters. The molecule has 0 bridgehead atoms. The van der Waals surface area contributed by atoms with E-state index in [-0.39, 0.29) is 5.41 Å². The van der Waals surface area contributed by atoms with E-state index in [0.29, 0.717) is 6.04 Å². The smallest absolute Gasteiger partial charge is 0.0397 e. The summed E-state index contributed by atoms with van der Waals surface area (Å²) in [6, 6.07) is 9.75. The van der Waals surface area contributed by atoms with Crippen LogP contribution < -0.4 is 5.32 Å². The van der Waals surface area contributed by atoms with Crippen LogP contribution >= 0.6 is 0 Å². The average Bonchev–Trinajstić information content (AvgIpc) is 2.39. The van der Waals surface area contributed by atoms with Gasteiger partial charge < -0.3 is 5.32 Å². The molecule has 0 aliphatic carbocycles. The molecule has 1 aromatic carbocycles. The Bertz CT molecular complexity index is 383. The topological polar surface area (TPSA) is 15.3 Å². The van der Waals surface area contributed by atoms with Gasteiger partial charge in [0, 0.05) is 32.2 Å². The summed E-state index contributed by atoms with van der Waals surface area (Å²) >= 11 is 0. The molecule has 0 amide bonds. The molecule has 1 aliphatic rings. The maximum atomic E-state index is 3.45. The van der Waals surface area contributed by atoms with Crippen LogP contribution in [-0.4, -0.2) is 31.1 Å². The Balaban J connectivity index is 2.25. The van der Waals surface area contributed by atoms with Gasteiger partial charge in [0.05, 0.1) is 0 Å². The van der Waals surface area contributed by atoms with Crippen molar-refractivity contribution in [2.24, 2.45) is 5.41 Å². The molecule has 2 nitrogen and oxygen atoms in total. The summed E-state index contributed by atoms with van der Waals surface area (Å²) in [5.74, 6) is 0. The highest BCUT2D eigenvalue weighted by atomic mass is 15.2. The fourth-order valence-electron chi connectivity index (χ4n) is 3.13. The third-order valence-corrected chi connectivity index (χ3v) is 4.04. The SMILES string of the molecule is CCc1ccc([C@@H](N2CCNCC2)C(C)(C)C)cc1. The molecule has 2 heteroatoms. The number of hydrogen-bond acceptors (Lipinski definition) is 2. The zero-order chi connectivity index (χ0) is 13.9. The van der Waals surface area contributed by atoms with E-state index < -0.39 is 0 Å². The number of piperazine rings is 1. The van der Waals surface area contributed by atoms with Crippen molar-refractivity contribution in [3.63, 3.8) is 0 Å². The Kier molecular flexibility index (Phi) is 4.64. The molecular formula is C17H28N2. The van der Waals surface area contributed by atoms with Gasteiger partial charge in [-0.3, -0.25) is 4.90 Å². The molecule has 1 aliphatic heterocycles. The number of rotatable bonds is 3. The second kappa shape index (κ2) is 6.06. The Morgan fingerprint density at radius 2 is 1.68 bits per heavy atom. The summed E-state index contributed by atoms with van der Waals surface area (Å²) in [5, 5.41) is 3.45. The molecule has 106 valence electrons. The minimum absolute atomic E-state index is 0.269. The quantitative estimate of drug-likeness (QED) is 0.897. The molecule has 19 heavy (non-hydrogen) atoms. The molecule has 2 rings (SSSR count). The van der Waals surface area contributed by atoms with Crippen molar-refractivity contribution in [2.45, 2.75) is 40.2 Å². The lowest BCUT2D eigenvalue weighted by atomic mass is 9.80. The Morgan fingerprint density at radius 1 is 1.11 bits per heavy atom. The van der Waals surface area contributed by atoms with E-state index in [1.807, 2.05) is 0 Å². The molecular weight excluding hydrogens is 232 g/mol. The summed E-state index contributed by atoms with van der Waals surface area (Å²) in [7, 11) is 0. The van der Waals surface area contributed by atoms with Gasteiger partial charge in [-0.1, -0.05) is 52.0 Å². The fourth-order valence-corrected chi connectivity index (χ4v) is 3.13. The number of nitrogens with zero attached hydrogens (tertiary/aromatic N) is 1. The lowest BCUT2D eigenvalue weighted by molar-refractivity contribution is 0.0862. The second-order valence-corrected chi connectivity index (χ2v) is 6.65. The zero-order valence-corrected chi connectivity index (χ0v) is 12.9. The maximum absolute atomic E-state index is 3.45. The largest absolute Gasteiger partial charge is 0.314 e. The fraction of sp³-hybridized carbons (Fsp3) is 0.647. The highest BCUT2D eigenvalue weighted by Crippen LogP contribution is 2.38. The van der Waals surface area contributed by atoms with Gasteiger partial charge in [0.2, 0.25) is 0 Å². The third-order valence-electron chi connectivity index (χ3n) is 4.04. The summed E-state index contributed by atoms with van der Waals surface area (Å²) in [6.07, 6.45) is 1.12. The van der Waals surface area contributed by atoms with Crippen molar-refractivity contribution in [1.82, 2.24) is 10.2 Å². The number of nitrogens with one attached hydrogen (secondary N) is 1. The average molecular weight is 260 g/mol. The predicted molar refractivity (Wildman–Crippen MR) is 82.5 cm³/mol. The number of hydrogen-bond donors (Lipinski definition) is 1. The number of benzene rings is 1. The van der Waals surface area contributed by atoms with Gasteiger partial charge in [-0.25, -0.2) is 0 Å². The van der Waals surface area contributed by atoms with Crippen molar-refractivity contribution in [3.8, 4) is 0 Å². The van der Waals surface area contributed by atoms with Gasteiger partial charge in [0.15, 0.2) is 0 Å². The van der Waals surface area contributed by atoms with Gasteiger partial charge in [0.1, 0.15) is 0 Å². The van der Waals surface area contributed by atoms with Crippen molar-refractivity contribution >= 4 is 0 Å². The van der Waals surface area contributed by atoms with Crippen LogP contribution in [0.1, 0.15) is 44.9 Å².